The van der Waals surface area contributed by atoms with Crippen molar-refractivity contribution in [3.63, 3.8) is 0 Å². The molecule has 3 nitrogen and oxygen atoms in total. The molecule has 1 saturated heterocycles. The summed E-state index contributed by atoms with van der Waals surface area (Å²) in [4.78, 5) is 2.52. The molecule has 1 unspecified atom stereocenters. The number of hydrogen-bond acceptors (Lipinski definition) is 3. The number of nitrogens with one attached hydrogen (secondary N) is 1. The van der Waals surface area contributed by atoms with Crippen molar-refractivity contribution in [1.82, 2.24) is 10.2 Å². The van der Waals surface area contributed by atoms with Gasteiger partial charge in [0.15, 0.2) is 0 Å². The smallest absolute Gasteiger partial charge is 0.0947 e. The second-order valence-electron chi connectivity index (χ2n) is 4.66. The van der Waals surface area contributed by atoms with E-state index < -0.39 is 0 Å². The standard InChI is InChI=1S/C13H22N2O/c1-2-6-14-13-4-3-7-15(10-13)9-12-5-8-16-11-12/h5,8,11,13-14H,2-4,6-7,9-10H2,1H3. The number of furan rings is 1. The first kappa shape index (κ1) is 11.7. The lowest BCUT2D eigenvalue weighted by Crippen LogP contribution is -2.45. The molecule has 0 bridgehead atoms. The Bertz CT molecular complexity index is 284. The van der Waals surface area contributed by atoms with E-state index >= 15 is 0 Å². The van der Waals surface area contributed by atoms with Crippen LogP contribution in [0.2, 0.25) is 0 Å². The van der Waals surface area contributed by atoms with Crippen LogP contribution in [-0.4, -0.2) is 30.6 Å². The lowest BCUT2D eigenvalue weighted by molar-refractivity contribution is 0.183. The molecular weight excluding hydrogens is 200 g/mol. The zero-order chi connectivity index (χ0) is 11.2. The van der Waals surface area contributed by atoms with E-state index in [4.69, 9.17) is 4.42 Å². The summed E-state index contributed by atoms with van der Waals surface area (Å²) in [7, 11) is 0. The molecule has 0 radical (unpaired) electrons. The number of rotatable bonds is 5. The van der Waals surface area contributed by atoms with Gasteiger partial charge in [0.05, 0.1) is 12.5 Å². The van der Waals surface area contributed by atoms with Crippen LogP contribution in [-0.2, 0) is 6.54 Å². The quantitative estimate of drug-likeness (QED) is 0.828. The molecule has 1 atom stereocenters. The molecule has 1 aromatic rings. The van der Waals surface area contributed by atoms with Gasteiger partial charge < -0.3 is 9.73 Å². The van der Waals surface area contributed by atoms with Crippen molar-refractivity contribution < 1.29 is 4.42 Å². The maximum absolute atomic E-state index is 5.11. The van der Waals surface area contributed by atoms with Crippen LogP contribution in [0.3, 0.4) is 0 Å². The molecule has 1 aliphatic heterocycles. The third kappa shape index (κ3) is 3.35. The summed E-state index contributed by atoms with van der Waals surface area (Å²) in [5.41, 5.74) is 1.29. The second-order valence-corrected chi connectivity index (χ2v) is 4.66. The van der Waals surface area contributed by atoms with Gasteiger partial charge in [0.2, 0.25) is 0 Å². The van der Waals surface area contributed by atoms with E-state index in [1.807, 2.05) is 6.26 Å². The van der Waals surface area contributed by atoms with E-state index in [1.54, 1.807) is 6.26 Å². The summed E-state index contributed by atoms with van der Waals surface area (Å²) in [5, 5.41) is 3.62. The van der Waals surface area contributed by atoms with Crippen molar-refractivity contribution in [2.75, 3.05) is 19.6 Å². The minimum absolute atomic E-state index is 0.681. The van der Waals surface area contributed by atoms with Gasteiger partial charge in [0.25, 0.3) is 0 Å². The Balaban J connectivity index is 1.77. The van der Waals surface area contributed by atoms with Crippen molar-refractivity contribution in [2.24, 2.45) is 0 Å². The van der Waals surface area contributed by atoms with Crippen LogP contribution in [0.4, 0.5) is 0 Å². The first-order chi connectivity index (χ1) is 7.88. The minimum Gasteiger partial charge on any atom is -0.472 e. The van der Waals surface area contributed by atoms with Crippen LogP contribution in [0.15, 0.2) is 23.0 Å². The Morgan fingerprint density at radius 3 is 3.25 bits per heavy atom. The maximum atomic E-state index is 5.11. The van der Waals surface area contributed by atoms with Gasteiger partial charge in [-0.15, -0.1) is 0 Å². The Labute approximate surface area is 97.8 Å². The molecule has 2 heterocycles. The largest absolute Gasteiger partial charge is 0.472 e. The highest BCUT2D eigenvalue weighted by atomic mass is 16.3. The van der Waals surface area contributed by atoms with Crippen LogP contribution < -0.4 is 5.32 Å². The second kappa shape index (κ2) is 6.06. The van der Waals surface area contributed by atoms with Gasteiger partial charge in [0, 0.05) is 24.7 Å². The van der Waals surface area contributed by atoms with Gasteiger partial charge in [-0.05, 0) is 38.4 Å². The minimum atomic E-state index is 0.681. The van der Waals surface area contributed by atoms with Crippen LogP contribution in [0.1, 0.15) is 31.7 Å². The van der Waals surface area contributed by atoms with Crippen molar-refractivity contribution in [1.29, 1.82) is 0 Å². The van der Waals surface area contributed by atoms with Gasteiger partial charge in [-0.3, -0.25) is 4.90 Å². The van der Waals surface area contributed by atoms with Crippen molar-refractivity contribution >= 4 is 0 Å². The number of nitrogens with zero attached hydrogens (tertiary/aromatic N) is 1. The zero-order valence-corrected chi connectivity index (χ0v) is 10.1. The van der Waals surface area contributed by atoms with Gasteiger partial charge >= 0.3 is 0 Å². The lowest BCUT2D eigenvalue weighted by Gasteiger charge is -2.32. The third-order valence-electron chi connectivity index (χ3n) is 3.17. The number of piperidine rings is 1. The highest BCUT2D eigenvalue weighted by Crippen LogP contribution is 2.13. The summed E-state index contributed by atoms with van der Waals surface area (Å²) in [6, 6.07) is 2.74. The topological polar surface area (TPSA) is 28.4 Å². The van der Waals surface area contributed by atoms with Gasteiger partial charge in [0.1, 0.15) is 0 Å². The van der Waals surface area contributed by atoms with E-state index in [2.05, 4.69) is 23.2 Å². The normalized spacial score (nSPS) is 22.4. The molecule has 0 spiro atoms. The van der Waals surface area contributed by atoms with Crippen LogP contribution in [0.25, 0.3) is 0 Å². The molecule has 1 N–H and O–H groups in total. The summed E-state index contributed by atoms with van der Waals surface area (Å²) in [6.45, 7) is 6.78. The van der Waals surface area contributed by atoms with Gasteiger partial charge in [-0.25, -0.2) is 0 Å². The van der Waals surface area contributed by atoms with Crippen molar-refractivity contribution in [3.8, 4) is 0 Å². The Morgan fingerprint density at radius 1 is 1.56 bits per heavy atom. The van der Waals surface area contributed by atoms with Crippen molar-refractivity contribution in [3.05, 3.63) is 24.2 Å². The van der Waals surface area contributed by atoms with E-state index in [9.17, 15) is 0 Å². The SMILES string of the molecule is CCCNC1CCCN(Cc2ccoc2)C1. The molecule has 1 aliphatic rings. The van der Waals surface area contributed by atoms with Gasteiger partial charge in [-0.1, -0.05) is 6.92 Å². The van der Waals surface area contributed by atoms with E-state index in [0.717, 1.165) is 13.1 Å². The molecule has 0 saturated carbocycles. The van der Waals surface area contributed by atoms with Crippen LogP contribution >= 0.6 is 0 Å². The highest BCUT2D eigenvalue weighted by Gasteiger charge is 2.19. The summed E-state index contributed by atoms with van der Waals surface area (Å²) < 4.78 is 5.11. The van der Waals surface area contributed by atoms with Gasteiger partial charge in [-0.2, -0.15) is 0 Å². The molecule has 2 rings (SSSR count). The third-order valence-corrected chi connectivity index (χ3v) is 3.17. The highest BCUT2D eigenvalue weighted by molar-refractivity contribution is 5.05. The van der Waals surface area contributed by atoms with E-state index in [-0.39, 0.29) is 0 Å². The Hall–Kier alpha value is -0.800. The summed E-state index contributed by atoms with van der Waals surface area (Å²) >= 11 is 0. The summed E-state index contributed by atoms with van der Waals surface area (Å²) in [5.74, 6) is 0. The predicted octanol–water partition coefficient (Wildman–Crippen LogP) is 2.24. The molecule has 90 valence electrons. The van der Waals surface area contributed by atoms with Crippen LogP contribution in [0, 0.1) is 0 Å². The molecule has 0 aromatic carbocycles. The fourth-order valence-corrected chi connectivity index (χ4v) is 2.36. The monoisotopic (exact) mass is 222 g/mol. The first-order valence-corrected chi connectivity index (χ1v) is 6.35. The molecule has 1 fully saturated rings. The Morgan fingerprint density at radius 2 is 2.50 bits per heavy atom. The zero-order valence-electron chi connectivity index (χ0n) is 10.1. The van der Waals surface area contributed by atoms with Crippen LogP contribution in [0.5, 0.6) is 0 Å². The molecule has 16 heavy (non-hydrogen) atoms. The molecule has 3 heteroatoms. The van der Waals surface area contributed by atoms with E-state index in [0.29, 0.717) is 6.04 Å². The van der Waals surface area contributed by atoms with E-state index in [1.165, 1.54) is 37.9 Å². The maximum Gasteiger partial charge on any atom is 0.0947 e. The average Bonchev–Trinajstić information content (AvgIpc) is 2.80. The molecule has 1 aromatic heterocycles. The average molecular weight is 222 g/mol. The number of hydrogen-bond donors (Lipinski definition) is 1. The molecular formula is C13H22N2O. The molecule has 0 aliphatic carbocycles. The Kier molecular flexibility index (Phi) is 4.43. The number of likely N-dealkylation sites (tertiary alicyclic amines) is 1. The summed E-state index contributed by atoms with van der Waals surface area (Å²) in [6.07, 6.45) is 7.45. The molecule has 0 amide bonds. The fraction of sp³-hybridized carbons (Fsp3) is 0.692. The first-order valence-electron chi connectivity index (χ1n) is 6.35. The predicted molar refractivity (Wildman–Crippen MR) is 65.3 cm³/mol. The lowest BCUT2D eigenvalue weighted by atomic mass is 10.1. The van der Waals surface area contributed by atoms with Crippen molar-refractivity contribution in [2.45, 2.75) is 38.8 Å². The fourth-order valence-electron chi connectivity index (χ4n) is 2.36.